The predicted molar refractivity (Wildman–Crippen MR) is 147 cm³/mol. The zero-order valence-corrected chi connectivity index (χ0v) is 23.4. The maximum absolute atomic E-state index is 13.1. The van der Waals surface area contributed by atoms with Crippen molar-refractivity contribution < 1.29 is 33.4 Å². The first-order valence-electron chi connectivity index (χ1n) is 13.1. The highest BCUT2D eigenvalue weighted by Gasteiger charge is 2.66. The van der Waals surface area contributed by atoms with Gasteiger partial charge in [0.25, 0.3) is 5.91 Å². The number of imide groups is 1. The molecular weight excluding hydrogens is 559 g/mol. The number of carbonyl (C=O) groups is 5. The minimum atomic E-state index is -0.742. The van der Waals surface area contributed by atoms with E-state index < -0.39 is 36.3 Å². The van der Waals surface area contributed by atoms with E-state index in [2.05, 4.69) is 5.32 Å². The van der Waals surface area contributed by atoms with Crippen LogP contribution in [0.3, 0.4) is 0 Å². The van der Waals surface area contributed by atoms with Crippen molar-refractivity contribution >= 4 is 64.2 Å². The molecule has 1 saturated heterocycles. The predicted octanol–water partition coefficient (Wildman–Crippen LogP) is 4.27. The Bertz CT molecular complexity index is 1310. The number of nitrogens with one attached hydrogen (secondary N) is 1. The van der Waals surface area contributed by atoms with Gasteiger partial charge < -0.3 is 14.8 Å². The maximum Gasteiger partial charge on any atom is 0.338 e. The molecule has 0 spiro atoms. The molecule has 3 fully saturated rings. The number of benzene rings is 2. The number of ether oxygens (including phenoxy) is 2. The Labute approximate surface area is 241 Å². The molecule has 1 aliphatic heterocycles. The largest absolute Gasteiger partial charge is 0.462 e. The Balaban J connectivity index is 1.13. The van der Waals surface area contributed by atoms with E-state index in [1.54, 1.807) is 12.1 Å². The molecule has 1 heterocycles. The second-order valence-electron chi connectivity index (χ2n) is 10.8. The molecule has 2 saturated carbocycles. The average Bonchev–Trinajstić information content (AvgIpc) is 3.55. The van der Waals surface area contributed by atoms with Crippen molar-refractivity contribution in [2.24, 2.45) is 29.6 Å². The standard InChI is InChI=1S/C29H28Cl2N2O7/c1-14(2)12-39-28(37)15-3-7-17(8-4-15)32-21(34)13-40-29(38)16-5-9-18(10-6-16)33-26(35)22-19-11-20(23(22)27(33)36)25(31)24(19)30/h3-10,14,19-20,22-25H,11-13H2,1-2H3,(H,32,34)/t19-,20-,22-,23+,24+,25+/m1/s1. The van der Waals surface area contributed by atoms with Crippen LogP contribution in [0.25, 0.3) is 0 Å². The number of anilines is 2. The number of alkyl halides is 2. The summed E-state index contributed by atoms with van der Waals surface area (Å²) in [6, 6.07) is 12.0. The molecular formula is C29H28Cl2N2O7. The van der Waals surface area contributed by atoms with Gasteiger partial charge in [-0.05, 0) is 72.7 Å². The van der Waals surface area contributed by atoms with Crippen molar-refractivity contribution in [3.8, 4) is 0 Å². The van der Waals surface area contributed by atoms with Gasteiger partial charge in [-0.15, -0.1) is 23.2 Å². The summed E-state index contributed by atoms with van der Waals surface area (Å²) in [5, 5.41) is 1.92. The maximum atomic E-state index is 13.1. The lowest BCUT2D eigenvalue weighted by molar-refractivity contribution is -0.123. The van der Waals surface area contributed by atoms with Gasteiger partial charge >= 0.3 is 11.9 Å². The van der Waals surface area contributed by atoms with Crippen molar-refractivity contribution in [1.29, 1.82) is 0 Å². The lowest BCUT2D eigenvalue weighted by Gasteiger charge is -2.28. The summed E-state index contributed by atoms with van der Waals surface area (Å²) >= 11 is 12.8. The smallest absolute Gasteiger partial charge is 0.338 e. The third-order valence-electron chi connectivity index (χ3n) is 7.63. The third kappa shape index (κ3) is 5.20. The van der Waals surface area contributed by atoms with Gasteiger partial charge in [-0.3, -0.25) is 19.3 Å². The molecule has 2 bridgehead atoms. The molecule has 2 aromatic rings. The van der Waals surface area contributed by atoms with Crippen LogP contribution in [0.5, 0.6) is 0 Å². The Morgan fingerprint density at radius 2 is 1.35 bits per heavy atom. The normalized spacial score (nSPS) is 26.7. The number of amides is 3. The molecule has 210 valence electrons. The Hall–Kier alpha value is -3.43. The molecule has 1 N–H and O–H groups in total. The van der Waals surface area contributed by atoms with Crippen LogP contribution in [0.4, 0.5) is 11.4 Å². The summed E-state index contributed by atoms with van der Waals surface area (Å²) < 4.78 is 10.3. The van der Waals surface area contributed by atoms with Crippen LogP contribution in [-0.2, 0) is 23.9 Å². The number of nitrogens with zero attached hydrogens (tertiary/aromatic N) is 1. The van der Waals surface area contributed by atoms with Crippen molar-refractivity contribution in [3.63, 3.8) is 0 Å². The van der Waals surface area contributed by atoms with Crippen molar-refractivity contribution in [2.45, 2.75) is 31.0 Å². The van der Waals surface area contributed by atoms with E-state index in [0.29, 0.717) is 30.0 Å². The molecule has 2 aliphatic carbocycles. The first kappa shape index (κ1) is 28.1. The zero-order chi connectivity index (χ0) is 28.7. The van der Waals surface area contributed by atoms with E-state index in [0.717, 1.165) is 4.90 Å². The summed E-state index contributed by atoms with van der Waals surface area (Å²) in [5.41, 5.74) is 1.28. The minimum Gasteiger partial charge on any atom is -0.462 e. The topological polar surface area (TPSA) is 119 Å². The summed E-state index contributed by atoms with van der Waals surface area (Å²) in [7, 11) is 0. The number of carbonyl (C=O) groups excluding carboxylic acids is 5. The number of esters is 2. The SMILES string of the molecule is CC(C)COC(=O)c1ccc(NC(=O)COC(=O)c2ccc(N3C(=O)[C@@H]4[C@H]5C[C@@H]([C@H](Cl)[C@H]5Cl)[C@@H]4C3=O)cc2)cc1. The molecule has 9 nitrogen and oxygen atoms in total. The van der Waals surface area contributed by atoms with Gasteiger partial charge in [0.1, 0.15) is 0 Å². The van der Waals surface area contributed by atoms with Crippen molar-refractivity contribution in [3.05, 3.63) is 59.7 Å². The summed E-state index contributed by atoms with van der Waals surface area (Å²) in [6.07, 6.45) is 0.680. The molecule has 2 aromatic carbocycles. The fourth-order valence-corrected chi connectivity index (χ4v) is 6.67. The molecule has 5 rings (SSSR count). The van der Waals surface area contributed by atoms with Gasteiger partial charge in [0, 0.05) is 5.69 Å². The number of hydrogen-bond donors (Lipinski definition) is 1. The molecule has 6 atom stereocenters. The first-order valence-corrected chi connectivity index (χ1v) is 13.9. The minimum absolute atomic E-state index is 0.120. The highest BCUT2D eigenvalue weighted by Crippen LogP contribution is 2.59. The molecule has 0 unspecified atom stereocenters. The van der Waals surface area contributed by atoms with Crippen molar-refractivity contribution in [2.75, 3.05) is 23.4 Å². The number of halogens is 2. The molecule has 40 heavy (non-hydrogen) atoms. The quantitative estimate of drug-likeness (QED) is 0.279. The van der Waals surface area contributed by atoms with Gasteiger partial charge in [-0.25, -0.2) is 9.59 Å². The van der Waals surface area contributed by atoms with Crippen LogP contribution in [0.2, 0.25) is 0 Å². The summed E-state index contributed by atoms with van der Waals surface area (Å²) in [5.74, 6) is -3.29. The van der Waals surface area contributed by atoms with E-state index in [1.165, 1.54) is 36.4 Å². The second kappa shape index (κ2) is 11.2. The fraction of sp³-hybridized carbons (Fsp3) is 0.414. The van der Waals surface area contributed by atoms with Gasteiger partial charge in [0.2, 0.25) is 11.8 Å². The Morgan fingerprint density at radius 3 is 1.88 bits per heavy atom. The zero-order valence-electron chi connectivity index (χ0n) is 21.8. The van der Waals surface area contributed by atoms with Crippen LogP contribution < -0.4 is 10.2 Å². The third-order valence-corrected chi connectivity index (χ3v) is 8.95. The highest BCUT2D eigenvalue weighted by molar-refractivity contribution is 6.32. The average molecular weight is 587 g/mol. The molecule has 3 amide bonds. The van der Waals surface area contributed by atoms with Gasteiger partial charge in [0.05, 0.1) is 46.0 Å². The van der Waals surface area contributed by atoms with E-state index in [1.807, 2.05) is 13.8 Å². The molecule has 0 radical (unpaired) electrons. The number of fused-ring (bicyclic) bond motifs is 5. The van der Waals surface area contributed by atoms with Gasteiger partial charge in [-0.2, -0.15) is 0 Å². The van der Waals surface area contributed by atoms with Crippen molar-refractivity contribution in [1.82, 2.24) is 0 Å². The summed E-state index contributed by atoms with van der Waals surface area (Å²) in [6.45, 7) is 3.65. The lowest BCUT2D eigenvalue weighted by atomic mass is 9.80. The summed E-state index contributed by atoms with van der Waals surface area (Å²) in [4.78, 5) is 64.2. The van der Waals surface area contributed by atoms with E-state index in [4.69, 9.17) is 32.7 Å². The van der Waals surface area contributed by atoms with Crippen LogP contribution >= 0.6 is 23.2 Å². The van der Waals surface area contributed by atoms with E-state index >= 15 is 0 Å². The van der Waals surface area contributed by atoms with Gasteiger partial charge in [-0.1, -0.05) is 13.8 Å². The van der Waals surface area contributed by atoms with Gasteiger partial charge in [0.15, 0.2) is 6.61 Å². The van der Waals surface area contributed by atoms with E-state index in [9.17, 15) is 24.0 Å². The number of hydrogen-bond acceptors (Lipinski definition) is 7. The first-order chi connectivity index (χ1) is 19.1. The Kier molecular flexibility index (Phi) is 7.88. The van der Waals surface area contributed by atoms with Crippen LogP contribution in [0.15, 0.2) is 48.5 Å². The second-order valence-corrected chi connectivity index (χ2v) is 11.8. The van der Waals surface area contributed by atoms with Crippen LogP contribution in [-0.4, -0.2) is 53.6 Å². The number of rotatable bonds is 8. The Morgan fingerprint density at radius 1 is 0.850 bits per heavy atom. The van der Waals surface area contributed by atoms with E-state index in [-0.39, 0.29) is 45.9 Å². The fourth-order valence-electron chi connectivity index (χ4n) is 5.78. The monoisotopic (exact) mass is 586 g/mol. The lowest BCUT2D eigenvalue weighted by Crippen LogP contribution is -2.37. The molecule has 11 heteroatoms. The van der Waals surface area contributed by atoms with Crippen LogP contribution in [0, 0.1) is 29.6 Å². The van der Waals surface area contributed by atoms with Crippen LogP contribution in [0.1, 0.15) is 41.0 Å². The highest BCUT2D eigenvalue weighted by atomic mass is 35.5. The molecule has 3 aliphatic rings. The molecule has 0 aromatic heterocycles.